The summed E-state index contributed by atoms with van der Waals surface area (Å²) in [5.41, 5.74) is 6.42. The molecule has 2 rings (SSSR count). The Morgan fingerprint density at radius 2 is 2.14 bits per heavy atom. The number of nitrogens with zero attached hydrogens (tertiary/aromatic N) is 1. The number of benzene rings is 1. The van der Waals surface area contributed by atoms with Crippen molar-refractivity contribution in [2.75, 3.05) is 38.6 Å². The predicted molar refractivity (Wildman–Crippen MR) is 82.1 cm³/mol. The van der Waals surface area contributed by atoms with Gasteiger partial charge in [0.2, 0.25) is 0 Å². The standard InChI is InChI=1S/C16H24N2O3/c1-2-20-16(19)13-6-8-18(9-7-13)10-11-21-15-5-3-4-14(17)12-15/h3-5,12-13H,2,6-11,17H2,1H3. The fourth-order valence-corrected chi connectivity index (χ4v) is 2.55. The highest BCUT2D eigenvalue weighted by molar-refractivity contribution is 5.72. The number of carbonyl (C=O) groups excluding carboxylic acids is 1. The summed E-state index contributed by atoms with van der Waals surface area (Å²) in [5.74, 6) is 0.820. The number of esters is 1. The van der Waals surface area contributed by atoms with Gasteiger partial charge in [-0.05, 0) is 45.0 Å². The number of nitrogens with two attached hydrogens (primary N) is 1. The first-order valence-corrected chi connectivity index (χ1v) is 7.56. The van der Waals surface area contributed by atoms with Gasteiger partial charge >= 0.3 is 5.97 Å². The van der Waals surface area contributed by atoms with Gasteiger partial charge < -0.3 is 15.2 Å². The van der Waals surface area contributed by atoms with Crippen molar-refractivity contribution < 1.29 is 14.3 Å². The van der Waals surface area contributed by atoms with Gasteiger partial charge in [-0.1, -0.05) is 6.07 Å². The van der Waals surface area contributed by atoms with Gasteiger partial charge in [0.1, 0.15) is 12.4 Å². The molecule has 1 aliphatic rings. The molecule has 0 spiro atoms. The summed E-state index contributed by atoms with van der Waals surface area (Å²) in [6, 6.07) is 7.46. The zero-order chi connectivity index (χ0) is 15.1. The van der Waals surface area contributed by atoms with Crippen molar-refractivity contribution >= 4 is 11.7 Å². The summed E-state index contributed by atoms with van der Waals surface area (Å²) in [6.07, 6.45) is 1.74. The average Bonchev–Trinajstić information content (AvgIpc) is 2.48. The van der Waals surface area contributed by atoms with Gasteiger partial charge in [0.05, 0.1) is 12.5 Å². The molecule has 1 heterocycles. The van der Waals surface area contributed by atoms with Crippen LogP contribution in [0, 0.1) is 5.92 Å². The lowest BCUT2D eigenvalue weighted by Crippen LogP contribution is -2.39. The molecule has 21 heavy (non-hydrogen) atoms. The van der Waals surface area contributed by atoms with Crippen molar-refractivity contribution in [1.82, 2.24) is 4.90 Å². The maximum absolute atomic E-state index is 11.7. The lowest BCUT2D eigenvalue weighted by atomic mass is 9.97. The summed E-state index contributed by atoms with van der Waals surface area (Å²) < 4.78 is 10.8. The van der Waals surface area contributed by atoms with Crippen LogP contribution < -0.4 is 10.5 Å². The van der Waals surface area contributed by atoms with Gasteiger partial charge in [-0.25, -0.2) is 0 Å². The van der Waals surface area contributed by atoms with Crippen LogP contribution in [-0.2, 0) is 9.53 Å². The van der Waals surface area contributed by atoms with Gasteiger partial charge in [0.25, 0.3) is 0 Å². The van der Waals surface area contributed by atoms with Gasteiger partial charge in [-0.2, -0.15) is 0 Å². The van der Waals surface area contributed by atoms with Crippen LogP contribution in [0.25, 0.3) is 0 Å². The molecule has 0 bridgehead atoms. The Labute approximate surface area is 126 Å². The minimum atomic E-state index is -0.0480. The number of hydrogen-bond acceptors (Lipinski definition) is 5. The van der Waals surface area contributed by atoms with E-state index in [1.54, 1.807) is 0 Å². The Kier molecular flexibility index (Phi) is 5.87. The number of carbonyl (C=O) groups is 1. The summed E-state index contributed by atoms with van der Waals surface area (Å²) in [6.45, 7) is 5.65. The minimum absolute atomic E-state index is 0.0480. The maximum Gasteiger partial charge on any atom is 0.309 e. The van der Waals surface area contributed by atoms with Crippen LogP contribution in [0.15, 0.2) is 24.3 Å². The molecule has 1 fully saturated rings. The number of likely N-dealkylation sites (tertiary alicyclic amines) is 1. The Hall–Kier alpha value is -1.75. The van der Waals surface area contributed by atoms with Crippen molar-refractivity contribution in [2.24, 2.45) is 5.92 Å². The Balaban J connectivity index is 1.66. The van der Waals surface area contributed by atoms with E-state index < -0.39 is 0 Å². The van der Waals surface area contributed by atoms with Gasteiger partial charge in [0, 0.05) is 18.3 Å². The zero-order valence-electron chi connectivity index (χ0n) is 12.6. The fourth-order valence-electron chi connectivity index (χ4n) is 2.55. The van der Waals surface area contributed by atoms with E-state index in [0.29, 0.717) is 18.9 Å². The first-order chi connectivity index (χ1) is 10.2. The Bertz CT molecular complexity index is 457. The zero-order valence-corrected chi connectivity index (χ0v) is 12.6. The summed E-state index contributed by atoms with van der Waals surface area (Å²) >= 11 is 0. The molecule has 1 saturated heterocycles. The highest BCUT2D eigenvalue weighted by Gasteiger charge is 2.25. The lowest BCUT2D eigenvalue weighted by Gasteiger charge is -2.30. The van der Waals surface area contributed by atoms with Gasteiger partial charge in [-0.3, -0.25) is 9.69 Å². The molecular formula is C16H24N2O3. The van der Waals surface area contributed by atoms with Gasteiger partial charge in [-0.15, -0.1) is 0 Å². The highest BCUT2D eigenvalue weighted by atomic mass is 16.5. The van der Waals surface area contributed by atoms with Crippen LogP contribution in [0.2, 0.25) is 0 Å². The first kappa shape index (κ1) is 15.6. The number of hydrogen-bond donors (Lipinski definition) is 1. The quantitative estimate of drug-likeness (QED) is 0.641. The van der Waals surface area contributed by atoms with Crippen LogP contribution >= 0.6 is 0 Å². The molecule has 0 radical (unpaired) electrons. The number of ether oxygens (including phenoxy) is 2. The Morgan fingerprint density at radius 3 is 2.81 bits per heavy atom. The molecule has 5 heteroatoms. The molecule has 0 saturated carbocycles. The van der Waals surface area contributed by atoms with Crippen LogP contribution in [0.5, 0.6) is 5.75 Å². The Morgan fingerprint density at radius 1 is 1.38 bits per heavy atom. The fraction of sp³-hybridized carbons (Fsp3) is 0.562. The second-order valence-electron chi connectivity index (χ2n) is 5.29. The predicted octanol–water partition coefficient (Wildman–Crippen LogP) is 1.92. The summed E-state index contributed by atoms with van der Waals surface area (Å²) in [4.78, 5) is 14.0. The third-order valence-corrected chi connectivity index (χ3v) is 3.74. The largest absolute Gasteiger partial charge is 0.492 e. The second-order valence-corrected chi connectivity index (χ2v) is 5.29. The van der Waals surface area contributed by atoms with Crippen molar-refractivity contribution in [3.8, 4) is 5.75 Å². The van der Waals surface area contributed by atoms with Crippen LogP contribution in [0.1, 0.15) is 19.8 Å². The third kappa shape index (κ3) is 4.93. The molecule has 116 valence electrons. The molecule has 1 aromatic rings. The second kappa shape index (κ2) is 7.88. The van der Waals surface area contributed by atoms with E-state index in [4.69, 9.17) is 15.2 Å². The van der Waals surface area contributed by atoms with Crippen LogP contribution in [0.4, 0.5) is 5.69 Å². The number of nitrogen functional groups attached to an aromatic ring is 1. The van der Waals surface area contributed by atoms with Crippen LogP contribution in [0.3, 0.4) is 0 Å². The molecule has 2 N–H and O–H groups in total. The summed E-state index contributed by atoms with van der Waals surface area (Å²) in [5, 5.41) is 0. The molecular weight excluding hydrogens is 268 g/mol. The number of rotatable bonds is 6. The SMILES string of the molecule is CCOC(=O)C1CCN(CCOc2cccc(N)c2)CC1. The topological polar surface area (TPSA) is 64.8 Å². The molecule has 0 aromatic heterocycles. The van der Waals surface area contributed by atoms with E-state index >= 15 is 0 Å². The smallest absolute Gasteiger partial charge is 0.309 e. The average molecular weight is 292 g/mol. The number of anilines is 1. The lowest BCUT2D eigenvalue weighted by molar-refractivity contribution is -0.149. The molecule has 1 aromatic carbocycles. The molecule has 0 aliphatic carbocycles. The van der Waals surface area contributed by atoms with Crippen molar-refractivity contribution in [3.05, 3.63) is 24.3 Å². The summed E-state index contributed by atoms with van der Waals surface area (Å²) in [7, 11) is 0. The maximum atomic E-state index is 11.7. The van der Waals surface area contributed by atoms with E-state index in [1.165, 1.54) is 0 Å². The monoisotopic (exact) mass is 292 g/mol. The van der Waals surface area contributed by atoms with Crippen molar-refractivity contribution in [2.45, 2.75) is 19.8 Å². The van der Waals surface area contributed by atoms with Gasteiger partial charge in [0.15, 0.2) is 0 Å². The van der Waals surface area contributed by atoms with E-state index in [0.717, 1.165) is 38.2 Å². The van der Waals surface area contributed by atoms with E-state index in [1.807, 2.05) is 31.2 Å². The normalized spacial score (nSPS) is 16.6. The van der Waals surface area contributed by atoms with Crippen molar-refractivity contribution in [3.63, 3.8) is 0 Å². The minimum Gasteiger partial charge on any atom is -0.492 e. The van der Waals surface area contributed by atoms with Crippen LogP contribution in [-0.4, -0.2) is 43.7 Å². The molecule has 0 atom stereocenters. The highest BCUT2D eigenvalue weighted by Crippen LogP contribution is 2.19. The van der Waals surface area contributed by atoms with E-state index in [-0.39, 0.29) is 11.9 Å². The first-order valence-electron chi connectivity index (χ1n) is 7.56. The molecule has 1 aliphatic heterocycles. The van der Waals surface area contributed by atoms with Crippen molar-refractivity contribution in [1.29, 1.82) is 0 Å². The number of piperidine rings is 1. The molecule has 5 nitrogen and oxygen atoms in total. The molecule has 0 amide bonds. The van der Waals surface area contributed by atoms with E-state index in [2.05, 4.69) is 4.90 Å². The van der Waals surface area contributed by atoms with E-state index in [9.17, 15) is 4.79 Å². The third-order valence-electron chi connectivity index (χ3n) is 3.74. The molecule has 0 unspecified atom stereocenters.